The van der Waals surface area contributed by atoms with Crippen molar-refractivity contribution in [3.8, 4) is 0 Å². The largest absolute Gasteiger partial charge is 0.411 e. The van der Waals surface area contributed by atoms with Crippen molar-refractivity contribution in [2.75, 3.05) is 19.8 Å². The highest BCUT2D eigenvalue weighted by molar-refractivity contribution is 5.76. The summed E-state index contributed by atoms with van der Waals surface area (Å²) in [5, 5.41) is 11.2. The first kappa shape index (κ1) is 15.2. The number of rotatable bonds is 7. The maximum Gasteiger partial charge on any atom is 0.411 e. The van der Waals surface area contributed by atoms with Crippen LogP contribution in [0.2, 0.25) is 0 Å². The van der Waals surface area contributed by atoms with E-state index in [9.17, 15) is 18.0 Å². The number of carbonyl (C=O) groups is 1. The van der Waals surface area contributed by atoms with Gasteiger partial charge in [0.05, 0.1) is 19.3 Å². The van der Waals surface area contributed by atoms with E-state index >= 15 is 0 Å². The molecule has 0 spiro atoms. The van der Waals surface area contributed by atoms with Crippen molar-refractivity contribution in [3.63, 3.8) is 0 Å². The lowest BCUT2D eigenvalue weighted by atomic mass is 10.2. The molecule has 0 aliphatic rings. The van der Waals surface area contributed by atoms with Gasteiger partial charge in [0.1, 0.15) is 6.61 Å². The number of carbonyl (C=O) groups excluding carboxylic acids is 1. The Bertz CT molecular complexity index is 205. The lowest BCUT2D eigenvalue weighted by molar-refractivity contribution is -0.174. The number of amides is 1. The van der Waals surface area contributed by atoms with Gasteiger partial charge in [0.15, 0.2) is 0 Å². The molecule has 0 heterocycles. The Morgan fingerprint density at radius 1 is 1.50 bits per heavy atom. The summed E-state index contributed by atoms with van der Waals surface area (Å²) >= 11 is 0. The van der Waals surface area contributed by atoms with E-state index in [0.717, 1.165) is 0 Å². The van der Waals surface area contributed by atoms with Gasteiger partial charge in [-0.2, -0.15) is 13.2 Å². The summed E-state index contributed by atoms with van der Waals surface area (Å²) in [5.74, 6) is -0.428. The van der Waals surface area contributed by atoms with Gasteiger partial charge in [-0.05, 0) is 6.42 Å². The van der Waals surface area contributed by atoms with Crippen molar-refractivity contribution in [1.29, 1.82) is 0 Å². The molecule has 2 N–H and O–H groups in total. The van der Waals surface area contributed by atoms with Crippen molar-refractivity contribution in [2.45, 2.75) is 32.0 Å². The zero-order chi connectivity index (χ0) is 12.6. The summed E-state index contributed by atoms with van der Waals surface area (Å²) < 4.78 is 39.2. The van der Waals surface area contributed by atoms with Crippen LogP contribution in [0.4, 0.5) is 13.2 Å². The summed E-state index contributed by atoms with van der Waals surface area (Å²) in [4.78, 5) is 11.1. The summed E-state index contributed by atoms with van der Waals surface area (Å²) in [6.45, 7) is -0.0440. The summed E-state index contributed by atoms with van der Waals surface area (Å²) in [5.41, 5.74) is 0. The molecular formula is C9H16F3NO3. The molecule has 0 aliphatic carbocycles. The molecule has 4 nitrogen and oxygen atoms in total. The van der Waals surface area contributed by atoms with Crippen molar-refractivity contribution >= 4 is 5.91 Å². The molecule has 0 saturated carbocycles. The third-order valence-electron chi connectivity index (χ3n) is 1.82. The maximum atomic E-state index is 11.6. The number of nitrogens with one attached hydrogen (secondary N) is 1. The van der Waals surface area contributed by atoms with E-state index in [-0.39, 0.29) is 25.7 Å². The number of hydrogen-bond donors (Lipinski definition) is 2. The quantitative estimate of drug-likeness (QED) is 0.651. The van der Waals surface area contributed by atoms with Crippen LogP contribution < -0.4 is 5.32 Å². The predicted octanol–water partition coefficient (Wildman–Crippen LogP) is 0.843. The zero-order valence-corrected chi connectivity index (χ0v) is 9.01. The Kier molecular flexibility index (Phi) is 7.07. The summed E-state index contributed by atoms with van der Waals surface area (Å²) in [6, 6.07) is -0.352. The number of aliphatic hydroxyl groups is 1. The molecular weight excluding hydrogens is 227 g/mol. The maximum absolute atomic E-state index is 11.6. The average Bonchev–Trinajstić information content (AvgIpc) is 2.19. The molecule has 0 aliphatic heterocycles. The summed E-state index contributed by atoms with van der Waals surface area (Å²) in [7, 11) is 0. The molecule has 0 radical (unpaired) electrons. The Hall–Kier alpha value is -0.820. The standard InChI is InChI=1S/C9H16F3NO3/c1-2-7(5-14)13-8(15)3-4-16-6-9(10,11)12/h7,14H,2-6H2,1H3,(H,13,15)/t7-/m0/s1. The van der Waals surface area contributed by atoms with Gasteiger partial charge in [-0.3, -0.25) is 4.79 Å². The minimum atomic E-state index is -4.37. The second-order valence-electron chi connectivity index (χ2n) is 3.27. The fourth-order valence-corrected chi connectivity index (χ4v) is 0.929. The van der Waals surface area contributed by atoms with Crippen molar-refractivity contribution < 1.29 is 27.8 Å². The number of halogens is 3. The number of hydrogen-bond acceptors (Lipinski definition) is 3. The topological polar surface area (TPSA) is 58.6 Å². The van der Waals surface area contributed by atoms with Gasteiger partial charge in [0, 0.05) is 6.42 Å². The third-order valence-corrected chi connectivity index (χ3v) is 1.82. The average molecular weight is 243 g/mol. The van der Waals surface area contributed by atoms with E-state index in [2.05, 4.69) is 10.1 Å². The van der Waals surface area contributed by atoms with Gasteiger partial charge in [-0.25, -0.2) is 0 Å². The number of aliphatic hydroxyl groups excluding tert-OH is 1. The van der Waals surface area contributed by atoms with Crippen molar-refractivity contribution in [2.24, 2.45) is 0 Å². The van der Waals surface area contributed by atoms with Crippen LogP contribution in [0.25, 0.3) is 0 Å². The van der Waals surface area contributed by atoms with Crippen LogP contribution >= 0.6 is 0 Å². The minimum absolute atomic E-state index is 0.146. The van der Waals surface area contributed by atoms with Crippen LogP contribution in [0.15, 0.2) is 0 Å². The highest BCUT2D eigenvalue weighted by Gasteiger charge is 2.27. The molecule has 96 valence electrons. The lowest BCUT2D eigenvalue weighted by Gasteiger charge is -2.14. The second-order valence-corrected chi connectivity index (χ2v) is 3.27. The van der Waals surface area contributed by atoms with E-state index in [1.807, 2.05) is 0 Å². The van der Waals surface area contributed by atoms with Gasteiger partial charge in [0.25, 0.3) is 0 Å². The molecule has 0 bridgehead atoms. The Labute approximate surface area is 91.8 Å². The molecule has 1 amide bonds. The third kappa shape index (κ3) is 8.49. The van der Waals surface area contributed by atoms with Crippen LogP contribution in [-0.4, -0.2) is 43.1 Å². The molecule has 0 aromatic rings. The monoisotopic (exact) mass is 243 g/mol. The van der Waals surface area contributed by atoms with Crippen molar-refractivity contribution in [1.82, 2.24) is 5.32 Å². The highest BCUT2D eigenvalue weighted by atomic mass is 19.4. The van der Waals surface area contributed by atoms with E-state index in [1.54, 1.807) is 6.92 Å². The molecule has 0 rings (SSSR count). The van der Waals surface area contributed by atoms with E-state index < -0.39 is 18.7 Å². The molecule has 0 saturated heterocycles. The van der Waals surface area contributed by atoms with Crippen molar-refractivity contribution in [3.05, 3.63) is 0 Å². The SMILES string of the molecule is CC[C@@H](CO)NC(=O)CCOCC(F)(F)F. The van der Waals surface area contributed by atoms with Gasteiger partial charge in [-0.15, -0.1) is 0 Å². The Morgan fingerprint density at radius 3 is 2.56 bits per heavy atom. The first-order valence-corrected chi connectivity index (χ1v) is 4.93. The van der Waals surface area contributed by atoms with Gasteiger partial charge in [0.2, 0.25) is 5.91 Å². The first-order valence-electron chi connectivity index (χ1n) is 4.93. The Morgan fingerprint density at radius 2 is 2.12 bits per heavy atom. The van der Waals surface area contributed by atoms with Gasteiger partial charge in [-0.1, -0.05) is 6.92 Å². The smallest absolute Gasteiger partial charge is 0.394 e. The number of alkyl halides is 3. The normalized spacial score (nSPS) is 13.6. The second kappa shape index (κ2) is 7.45. The molecule has 7 heteroatoms. The van der Waals surface area contributed by atoms with Crippen LogP contribution in [0.1, 0.15) is 19.8 Å². The fraction of sp³-hybridized carbons (Fsp3) is 0.889. The highest BCUT2D eigenvalue weighted by Crippen LogP contribution is 2.14. The molecule has 0 aromatic carbocycles. The molecule has 1 atom stereocenters. The predicted molar refractivity (Wildman–Crippen MR) is 50.8 cm³/mol. The molecule has 16 heavy (non-hydrogen) atoms. The van der Waals surface area contributed by atoms with Crippen LogP contribution in [0.3, 0.4) is 0 Å². The minimum Gasteiger partial charge on any atom is -0.394 e. The van der Waals surface area contributed by atoms with E-state index in [1.165, 1.54) is 0 Å². The van der Waals surface area contributed by atoms with Gasteiger partial charge >= 0.3 is 6.18 Å². The number of ether oxygens (including phenoxy) is 1. The fourth-order valence-electron chi connectivity index (χ4n) is 0.929. The van der Waals surface area contributed by atoms with E-state index in [0.29, 0.717) is 6.42 Å². The molecule has 0 unspecified atom stereocenters. The zero-order valence-electron chi connectivity index (χ0n) is 9.01. The first-order chi connectivity index (χ1) is 7.39. The van der Waals surface area contributed by atoms with Crippen LogP contribution in [-0.2, 0) is 9.53 Å². The van der Waals surface area contributed by atoms with Crippen LogP contribution in [0, 0.1) is 0 Å². The van der Waals surface area contributed by atoms with E-state index in [4.69, 9.17) is 5.11 Å². The lowest BCUT2D eigenvalue weighted by Crippen LogP contribution is -2.37. The van der Waals surface area contributed by atoms with Crippen LogP contribution in [0.5, 0.6) is 0 Å². The molecule has 0 fully saturated rings. The summed E-state index contributed by atoms with van der Waals surface area (Å²) in [6.07, 6.45) is -3.95. The van der Waals surface area contributed by atoms with Gasteiger partial charge < -0.3 is 15.2 Å². The molecule has 0 aromatic heterocycles. The Balaban J connectivity index is 3.58.